The van der Waals surface area contributed by atoms with Crippen molar-refractivity contribution in [2.75, 3.05) is 32.2 Å². The number of aryl methyl sites for hydroxylation is 1. The Bertz CT molecular complexity index is 1900. The minimum atomic E-state index is -0.220. The van der Waals surface area contributed by atoms with Crippen LogP contribution in [-0.4, -0.2) is 51.2 Å². The molecule has 2 aromatic heterocycles. The minimum absolute atomic E-state index is 0.103. The fourth-order valence-corrected chi connectivity index (χ4v) is 6.01. The highest BCUT2D eigenvalue weighted by Gasteiger charge is 2.29. The zero-order valence-electron chi connectivity index (χ0n) is 26.2. The van der Waals surface area contributed by atoms with Crippen LogP contribution in [0.3, 0.4) is 0 Å². The van der Waals surface area contributed by atoms with Crippen molar-refractivity contribution < 1.29 is 14.3 Å². The van der Waals surface area contributed by atoms with Gasteiger partial charge in [0.05, 0.1) is 38.1 Å². The van der Waals surface area contributed by atoms with Crippen molar-refractivity contribution >= 4 is 17.5 Å². The first-order valence-corrected chi connectivity index (χ1v) is 15.1. The van der Waals surface area contributed by atoms with Crippen LogP contribution in [0.4, 0.5) is 11.8 Å². The van der Waals surface area contributed by atoms with E-state index in [4.69, 9.17) is 26.0 Å². The van der Waals surface area contributed by atoms with Crippen molar-refractivity contribution in [1.82, 2.24) is 24.6 Å². The van der Waals surface area contributed by atoms with Crippen LogP contribution in [0.1, 0.15) is 55.6 Å². The van der Waals surface area contributed by atoms with Gasteiger partial charge in [-0.15, -0.1) is 0 Å². The number of allylic oxidation sites excluding steroid dienone is 1. The molecule has 1 unspecified atom stereocenters. The lowest BCUT2D eigenvalue weighted by molar-refractivity contribution is 0.104. The monoisotopic (exact) mass is 615 g/mol. The van der Waals surface area contributed by atoms with E-state index in [-0.39, 0.29) is 23.6 Å². The highest BCUT2D eigenvalue weighted by atomic mass is 16.5. The number of nitrogen functional groups attached to an aromatic ring is 2. The number of rotatable bonds is 10. The summed E-state index contributed by atoms with van der Waals surface area (Å²) in [7, 11) is 3.07. The maximum atomic E-state index is 13.9. The molecule has 0 saturated heterocycles. The number of aromatic nitrogens is 4. The molecule has 1 atom stereocenters. The molecule has 0 spiro atoms. The lowest BCUT2D eigenvalue weighted by Crippen LogP contribution is -2.32. The Kier molecular flexibility index (Phi) is 8.69. The number of hydrogen-bond donors (Lipinski definition) is 2. The second kappa shape index (κ2) is 13.2. The maximum Gasteiger partial charge on any atom is 0.221 e. The van der Waals surface area contributed by atoms with Crippen LogP contribution >= 0.6 is 0 Å². The van der Waals surface area contributed by atoms with Gasteiger partial charge in [0.25, 0.3) is 0 Å². The van der Waals surface area contributed by atoms with E-state index >= 15 is 0 Å². The summed E-state index contributed by atoms with van der Waals surface area (Å²) in [5.41, 5.74) is 19.3. The van der Waals surface area contributed by atoms with Crippen molar-refractivity contribution in [3.8, 4) is 11.5 Å². The molecule has 1 aliphatic rings. The molecule has 0 saturated carbocycles. The smallest absolute Gasteiger partial charge is 0.221 e. The average Bonchev–Trinajstić information content (AvgIpc) is 3.43. The summed E-state index contributed by atoms with van der Waals surface area (Å²) in [6.07, 6.45) is 6.29. The molecular weight excluding hydrogens is 578 g/mol. The Morgan fingerprint density at radius 2 is 1.78 bits per heavy atom. The van der Waals surface area contributed by atoms with E-state index in [2.05, 4.69) is 64.3 Å². The molecule has 10 nitrogen and oxygen atoms in total. The molecule has 3 heterocycles. The van der Waals surface area contributed by atoms with E-state index in [0.717, 1.165) is 29.9 Å². The normalized spacial score (nSPS) is 14.3. The molecule has 0 bridgehead atoms. The average molecular weight is 616 g/mol. The summed E-state index contributed by atoms with van der Waals surface area (Å²) < 4.78 is 13.3. The maximum absolute atomic E-state index is 13.9. The molecule has 0 amide bonds. The highest BCUT2D eigenvalue weighted by Crippen LogP contribution is 2.37. The van der Waals surface area contributed by atoms with E-state index in [0.29, 0.717) is 35.6 Å². The molecule has 234 valence electrons. The number of fused-ring (bicyclic) bond motifs is 1. The summed E-state index contributed by atoms with van der Waals surface area (Å²) in [4.78, 5) is 24.2. The van der Waals surface area contributed by atoms with E-state index in [1.165, 1.54) is 23.8 Å². The van der Waals surface area contributed by atoms with E-state index in [1.807, 2.05) is 35.1 Å². The number of nitrogens with zero attached hydrogens (tertiary/aromatic N) is 5. The van der Waals surface area contributed by atoms with Gasteiger partial charge < -0.3 is 25.8 Å². The summed E-state index contributed by atoms with van der Waals surface area (Å²) in [6.45, 7) is 3.49. The molecular formula is C36H37N7O3. The number of nitrogens with two attached hydrogens (primary N) is 2. The third kappa shape index (κ3) is 6.28. The van der Waals surface area contributed by atoms with Crippen LogP contribution in [-0.2, 0) is 19.4 Å². The van der Waals surface area contributed by atoms with Gasteiger partial charge in [-0.2, -0.15) is 10.1 Å². The Balaban J connectivity index is 1.32. The molecule has 0 fully saturated rings. The van der Waals surface area contributed by atoms with E-state index < -0.39 is 0 Å². The van der Waals surface area contributed by atoms with Crippen LogP contribution in [0.15, 0.2) is 91.3 Å². The number of methoxy groups -OCH3 is 2. The van der Waals surface area contributed by atoms with Crippen LogP contribution in [0.5, 0.6) is 11.5 Å². The predicted molar refractivity (Wildman–Crippen MR) is 178 cm³/mol. The summed E-state index contributed by atoms with van der Waals surface area (Å²) >= 11 is 0. The summed E-state index contributed by atoms with van der Waals surface area (Å²) in [5.74, 6) is 0.968. The van der Waals surface area contributed by atoms with Gasteiger partial charge in [0.15, 0.2) is 17.3 Å². The van der Waals surface area contributed by atoms with Crippen molar-refractivity contribution in [2.45, 2.75) is 32.4 Å². The van der Waals surface area contributed by atoms with Crippen LogP contribution in [0, 0.1) is 6.92 Å². The summed E-state index contributed by atoms with van der Waals surface area (Å²) in [5, 5.41) is 5.07. The van der Waals surface area contributed by atoms with Gasteiger partial charge in [0.2, 0.25) is 5.95 Å². The zero-order valence-corrected chi connectivity index (χ0v) is 26.2. The highest BCUT2D eigenvalue weighted by molar-refractivity contribution is 6.07. The first-order chi connectivity index (χ1) is 22.3. The molecule has 5 aromatic rings. The van der Waals surface area contributed by atoms with Crippen molar-refractivity contribution in [2.24, 2.45) is 0 Å². The fourth-order valence-electron chi connectivity index (χ4n) is 6.01. The molecule has 46 heavy (non-hydrogen) atoms. The van der Waals surface area contributed by atoms with Gasteiger partial charge in [-0.3, -0.25) is 9.48 Å². The molecule has 6 rings (SSSR count). The molecule has 10 heteroatoms. The lowest BCUT2D eigenvalue weighted by Gasteiger charge is -2.35. The van der Waals surface area contributed by atoms with Gasteiger partial charge in [-0.05, 0) is 53.8 Å². The zero-order chi connectivity index (χ0) is 32.2. The van der Waals surface area contributed by atoms with Gasteiger partial charge >= 0.3 is 0 Å². The van der Waals surface area contributed by atoms with Crippen molar-refractivity contribution in [3.63, 3.8) is 0 Å². The Morgan fingerprint density at radius 1 is 1.00 bits per heavy atom. The Morgan fingerprint density at radius 3 is 2.54 bits per heavy atom. The third-order valence-corrected chi connectivity index (χ3v) is 8.31. The quantitative estimate of drug-likeness (QED) is 0.162. The van der Waals surface area contributed by atoms with Crippen LogP contribution in [0.25, 0.3) is 0 Å². The molecule has 0 aliphatic carbocycles. The largest absolute Gasteiger partial charge is 0.493 e. The van der Waals surface area contributed by atoms with Gasteiger partial charge in [0.1, 0.15) is 5.82 Å². The number of carbonyl (C=O) groups is 1. The van der Waals surface area contributed by atoms with Crippen LogP contribution in [0.2, 0.25) is 0 Å². The number of benzene rings is 3. The van der Waals surface area contributed by atoms with Crippen molar-refractivity contribution in [3.05, 3.63) is 136 Å². The number of ketones is 1. The SMILES string of the molecule is COc1cc(Cc2cnc(N)nc2N)cc(C(=O)C=CN2CCc3ccccc3C2c2cc(C)n(Cc3ccccc3)n2)c1OC. The standard InChI is InChI=1S/C36H37N7O3/c1-23-17-30(41-43(23)22-24-9-5-4-6-10-24)33-28-12-8-7-11-26(28)13-15-42(33)16-14-31(44)29-19-25(20-32(45-2)34(29)46-3)18-27-21-39-36(38)40-35(27)37/h4-12,14,16-17,19-21,33H,13,15,18,22H2,1-3H3,(H4,37,38,39,40). The van der Waals surface area contributed by atoms with Crippen LogP contribution < -0.4 is 20.9 Å². The van der Waals surface area contributed by atoms with Gasteiger partial charge in [-0.1, -0.05) is 54.6 Å². The first kappa shape index (κ1) is 30.4. The van der Waals surface area contributed by atoms with E-state index in [9.17, 15) is 4.79 Å². The molecule has 4 N–H and O–H groups in total. The molecule has 0 radical (unpaired) electrons. The topological polar surface area (TPSA) is 134 Å². The fraction of sp³-hybridized carbons (Fsp3) is 0.222. The Hall–Kier alpha value is -5.64. The first-order valence-electron chi connectivity index (χ1n) is 15.1. The summed E-state index contributed by atoms with van der Waals surface area (Å²) in [6, 6.07) is 24.4. The Labute approximate surface area is 268 Å². The van der Waals surface area contributed by atoms with Crippen molar-refractivity contribution in [1.29, 1.82) is 0 Å². The number of anilines is 2. The van der Waals surface area contributed by atoms with E-state index in [1.54, 1.807) is 25.4 Å². The van der Waals surface area contributed by atoms with Gasteiger partial charge in [-0.25, -0.2) is 4.98 Å². The second-order valence-electron chi connectivity index (χ2n) is 11.3. The molecule has 3 aromatic carbocycles. The number of carbonyl (C=O) groups excluding carboxylic acids is 1. The molecule has 1 aliphatic heterocycles. The third-order valence-electron chi connectivity index (χ3n) is 8.31. The predicted octanol–water partition coefficient (Wildman–Crippen LogP) is 5.15. The number of ether oxygens (including phenoxy) is 2. The number of hydrogen-bond acceptors (Lipinski definition) is 9. The minimum Gasteiger partial charge on any atom is -0.493 e. The lowest BCUT2D eigenvalue weighted by atomic mass is 9.91. The van der Waals surface area contributed by atoms with Gasteiger partial charge in [0, 0.05) is 42.7 Å². The second-order valence-corrected chi connectivity index (χ2v) is 11.3.